The van der Waals surface area contributed by atoms with E-state index in [-0.39, 0.29) is 30.2 Å². The number of hydrogen-bond donors (Lipinski definition) is 1. The molecule has 1 aromatic heterocycles. The van der Waals surface area contributed by atoms with Crippen LogP contribution in [0.15, 0.2) is 24.5 Å². The molecule has 1 saturated carbocycles. The van der Waals surface area contributed by atoms with Gasteiger partial charge in [-0.2, -0.15) is 0 Å². The van der Waals surface area contributed by atoms with Crippen molar-refractivity contribution in [3.05, 3.63) is 30.1 Å². The Bertz CT molecular complexity index is 871. The molecule has 2 heterocycles. The van der Waals surface area contributed by atoms with E-state index in [0.717, 1.165) is 41.8 Å². The number of tetrazole rings is 1. The van der Waals surface area contributed by atoms with Crippen LogP contribution in [0.3, 0.4) is 0 Å². The van der Waals surface area contributed by atoms with Gasteiger partial charge in [-0.3, -0.25) is 19.3 Å². The lowest BCUT2D eigenvalue weighted by atomic mass is 9.81. The zero-order valence-corrected chi connectivity index (χ0v) is 15.0. The van der Waals surface area contributed by atoms with Gasteiger partial charge in [-0.25, -0.2) is 4.68 Å². The molecule has 0 spiro atoms. The van der Waals surface area contributed by atoms with Gasteiger partial charge in [0.25, 0.3) is 0 Å². The molecular formula is C18H20N6O3. The Morgan fingerprint density at radius 3 is 2.52 bits per heavy atom. The predicted octanol–water partition coefficient (Wildman–Crippen LogP) is 1.08. The number of amides is 3. The summed E-state index contributed by atoms with van der Waals surface area (Å²) < 4.78 is 1.50. The number of aryl methyl sites for hydroxylation is 1. The Balaban J connectivity index is 1.46. The van der Waals surface area contributed by atoms with Crippen LogP contribution in [0.4, 0.5) is 5.69 Å². The number of fused-ring (bicyclic) bond motifs is 1. The number of carbonyl (C=O) groups is 3. The quantitative estimate of drug-likeness (QED) is 0.809. The molecule has 2 aromatic rings. The summed E-state index contributed by atoms with van der Waals surface area (Å²) in [6, 6.07) is 5.35. The van der Waals surface area contributed by atoms with E-state index in [9.17, 15) is 14.4 Å². The van der Waals surface area contributed by atoms with Crippen molar-refractivity contribution in [2.45, 2.75) is 32.6 Å². The summed E-state index contributed by atoms with van der Waals surface area (Å²) in [6.45, 7) is 1.66. The maximum atomic E-state index is 12.5. The minimum Gasteiger partial charge on any atom is -0.324 e. The molecule has 2 atom stereocenters. The molecule has 2 fully saturated rings. The van der Waals surface area contributed by atoms with Gasteiger partial charge in [-0.05, 0) is 47.9 Å². The van der Waals surface area contributed by atoms with Crippen LogP contribution in [0.25, 0.3) is 5.69 Å². The maximum Gasteiger partial charge on any atom is 0.244 e. The van der Waals surface area contributed by atoms with Gasteiger partial charge in [-0.1, -0.05) is 18.9 Å². The number of nitrogens with one attached hydrogen (secondary N) is 1. The summed E-state index contributed by atoms with van der Waals surface area (Å²) in [5.74, 6) is -1.31. The molecule has 1 aliphatic heterocycles. The third-order valence-corrected chi connectivity index (χ3v) is 5.32. The molecule has 4 rings (SSSR count). The van der Waals surface area contributed by atoms with Crippen molar-refractivity contribution < 1.29 is 14.4 Å². The van der Waals surface area contributed by atoms with Gasteiger partial charge in [0.15, 0.2) is 0 Å². The number of hydrogen-bond acceptors (Lipinski definition) is 6. The van der Waals surface area contributed by atoms with E-state index < -0.39 is 5.91 Å². The van der Waals surface area contributed by atoms with Crippen molar-refractivity contribution in [3.63, 3.8) is 0 Å². The first-order valence-corrected chi connectivity index (χ1v) is 9.03. The molecule has 1 saturated heterocycles. The average molecular weight is 368 g/mol. The maximum absolute atomic E-state index is 12.5. The summed E-state index contributed by atoms with van der Waals surface area (Å²) in [5, 5.41) is 13.8. The Morgan fingerprint density at radius 2 is 1.89 bits per heavy atom. The van der Waals surface area contributed by atoms with Gasteiger partial charge >= 0.3 is 0 Å². The molecule has 9 nitrogen and oxygen atoms in total. The van der Waals surface area contributed by atoms with Gasteiger partial charge in [0, 0.05) is 5.69 Å². The summed E-state index contributed by atoms with van der Waals surface area (Å²) in [7, 11) is 0. The Morgan fingerprint density at radius 1 is 1.19 bits per heavy atom. The van der Waals surface area contributed by atoms with Crippen LogP contribution in [0, 0.1) is 18.8 Å². The monoisotopic (exact) mass is 368 g/mol. The molecule has 0 bridgehead atoms. The second kappa shape index (κ2) is 6.90. The van der Waals surface area contributed by atoms with Gasteiger partial charge in [-0.15, -0.1) is 5.10 Å². The molecule has 140 valence electrons. The molecule has 2 aliphatic rings. The van der Waals surface area contributed by atoms with Crippen LogP contribution in [0.2, 0.25) is 0 Å². The van der Waals surface area contributed by atoms with Crippen LogP contribution in [0.5, 0.6) is 0 Å². The highest BCUT2D eigenvalue weighted by molar-refractivity contribution is 6.08. The molecule has 1 aromatic carbocycles. The minimum absolute atomic E-state index is 0.210. The fourth-order valence-corrected chi connectivity index (χ4v) is 3.94. The molecule has 27 heavy (non-hydrogen) atoms. The number of carbonyl (C=O) groups excluding carboxylic acids is 3. The summed E-state index contributed by atoms with van der Waals surface area (Å²) in [4.78, 5) is 38.5. The zero-order valence-electron chi connectivity index (χ0n) is 15.0. The highest BCUT2D eigenvalue weighted by Crippen LogP contribution is 2.37. The Labute approximate surface area is 155 Å². The van der Waals surface area contributed by atoms with E-state index in [4.69, 9.17) is 0 Å². The minimum atomic E-state index is -0.401. The SMILES string of the molecule is Cc1ccc(NC(=O)CN2C(=O)[C@H]3CCCC[C@@H]3C2=O)cc1-n1cnnn1. The van der Waals surface area contributed by atoms with Crippen molar-refractivity contribution in [1.29, 1.82) is 0 Å². The first-order chi connectivity index (χ1) is 13.0. The van der Waals surface area contributed by atoms with E-state index in [0.29, 0.717) is 5.69 Å². The van der Waals surface area contributed by atoms with E-state index in [2.05, 4.69) is 20.8 Å². The highest BCUT2D eigenvalue weighted by Gasteiger charge is 2.48. The van der Waals surface area contributed by atoms with Gasteiger partial charge in [0.2, 0.25) is 17.7 Å². The fourth-order valence-electron chi connectivity index (χ4n) is 3.94. The lowest BCUT2D eigenvalue weighted by Crippen LogP contribution is -2.38. The van der Waals surface area contributed by atoms with Gasteiger partial charge in [0.1, 0.15) is 12.9 Å². The first kappa shape index (κ1) is 17.3. The number of aromatic nitrogens is 4. The second-order valence-corrected chi connectivity index (χ2v) is 7.06. The molecule has 0 unspecified atom stereocenters. The number of nitrogens with zero attached hydrogens (tertiary/aromatic N) is 5. The second-order valence-electron chi connectivity index (χ2n) is 7.06. The van der Waals surface area contributed by atoms with E-state index >= 15 is 0 Å². The normalized spacial score (nSPS) is 22.0. The molecule has 0 radical (unpaired) electrons. The topological polar surface area (TPSA) is 110 Å². The number of anilines is 1. The Kier molecular flexibility index (Phi) is 4.43. The van der Waals surface area contributed by atoms with Crippen LogP contribution in [-0.4, -0.2) is 49.4 Å². The largest absolute Gasteiger partial charge is 0.324 e. The van der Waals surface area contributed by atoms with Crippen molar-refractivity contribution in [1.82, 2.24) is 25.1 Å². The molecule has 1 N–H and O–H groups in total. The average Bonchev–Trinajstić information content (AvgIpc) is 3.28. The van der Waals surface area contributed by atoms with Crippen LogP contribution in [0.1, 0.15) is 31.2 Å². The zero-order chi connectivity index (χ0) is 19.0. The van der Waals surface area contributed by atoms with Gasteiger partial charge in [0.05, 0.1) is 17.5 Å². The van der Waals surface area contributed by atoms with Crippen LogP contribution in [-0.2, 0) is 14.4 Å². The lowest BCUT2D eigenvalue weighted by Gasteiger charge is -2.19. The molecular weight excluding hydrogens is 348 g/mol. The number of likely N-dealkylation sites (tertiary alicyclic amines) is 1. The molecule has 3 amide bonds. The predicted molar refractivity (Wildman–Crippen MR) is 94.7 cm³/mol. The molecule has 1 aliphatic carbocycles. The summed E-state index contributed by atoms with van der Waals surface area (Å²) in [6.07, 6.45) is 4.87. The number of benzene rings is 1. The standard InChI is InChI=1S/C18H20N6O3/c1-11-6-7-12(8-15(11)24-10-19-21-22-24)20-16(25)9-23-17(26)13-4-2-3-5-14(13)18(23)27/h6-8,10,13-14H,2-5,9H2,1H3,(H,20,25)/t13-,14-/m0/s1. The van der Waals surface area contributed by atoms with Gasteiger partial charge < -0.3 is 5.32 Å². The summed E-state index contributed by atoms with van der Waals surface area (Å²) in [5.41, 5.74) is 2.22. The number of rotatable bonds is 4. The first-order valence-electron chi connectivity index (χ1n) is 9.03. The number of imide groups is 1. The third-order valence-electron chi connectivity index (χ3n) is 5.32. The van der Waals surface area contributed by atoms with Crippen LogP contribution >= 0.6 is 0 Å². The lowest BCUT2D eigenvalue weighted by molar-refractivity contribution is -0.142. The highest BCUT2D eigenvalue weighted by atomic mass is 16.2. The fraction of sp³-hybridized carbons (Fsp3) is 0.444. The van der Waals surface area contributed by atoms with Crippen molar-refractivity contribution >= 4 is 23.4 Å². The van der Waals surface area contributed by atoms with E-state index in [1.165, 1.54) is 11.0 Å². The van der Waals surface area contributed by atoms with Crippen molar-refractivity contribution in [2.24, 2.45) is 11.8 Å². The van der Waals surface area contributed by atoms with E-state index in [1.807, 2.05) is 13.0 Å². The van der Waals surface area contributed by atoms with Crippen LogP contribution < -0.4 is 5.32 Å². The third kappa shape index (κ3) is 3.20. The van der Waals surface area contributed by atoms with Crippen molar-refractivity contribution in [3.8, 4) is 5.69 Å². The van der Waals surface area contributed by atoms with Crippen molar-refractivity contribution in [2.75, 3.05) is 11.9 Å². The van der Waals surface area contributed by atoms with E-state index in [1.54, 1.807) is 12.1 Å². The smallest absolute Gasteiger partial charge is 0.244 e. The Hall–Kier alpha value is -3.10. The summed E-state index contributed by atoms with van der Waals surface area (Å²) >= 11 is 0. The molecule has 9 heteroatoms.